The summed E-state index contributed by atoms with van der Waals surface area (Å²) in [5.74, 6) is 3.18. The SMILES string of the molecule is CC(C)(C)c1ccc2c(c1)OCCCOc1ccc(C(C)(C)C)cc1OCCCO2. The fourth-order valence-corrected chi connectivity index (χ4v) is 3.26. The summed E-state index contributed by atoms with van der Waals surface area (Å²) in [7, 11) is 0. The van der Waals surface area contributed by atoms with E-state index < -0.39 is 0 Å². The van der Waals surface area contributed by atoms with E-state index in [2.05, 4.69) is 65.8 Å². The lowest BCUT2D eigenvalue weighted by atomic mass is 9.87. The Morgan fingerprint density at radius 2 is 0.833 bits per heavy atom. The highest BCUT2D eigenvalue weighted by Crippen LogP contribution is 2.35. The molecule has 164 valence electrons. The van der Waals surface area contributed by atoms with Crippen molar-refractivity contribution in [3.8, 4) is 23.0 Å². The van der Waals surface area contributed by atoms with Crippen LogP contribution >= 0.6 is 0 Å². The number of fused-ring (bicyclic) bond motifs is 2. The molecule has 1 aliphatic heterocycles. The van der Waals surface area contributed by atoms with Crippen LogP contribution in [0.25, 0.3) is 0 Å². The highest BCUT2D eigenvalue weighted by molar-refractivity contribution is 5.46. The van der Waals surface area contributed by atoms with E-state index >= 15 is 0 Å². The third-order valence-corrected chi connectivity index (χ3v) is 5.23. The predicted molar refractivity (Wildman–Crippen MR) is 121 cm³/mol. The van der Waals surface area contributed by atoms with Gasteiger partial charge in [0, 0.05) is 12.8 Å². The lowest BCUT2D eigenvalue weighted by Gasteiger charge is -2.23. The minimum absolute atomic E-state index is 0.0596. The average molecular weight is 413 g/mol. The van der Waals surface area contributed by atoms with E-state index in [1.807, 2.05) is 12.1 Å². The molecule has 0 N–H and O–H groups in total. The summed E-state index contributed by atoms with van der Waals surface area (Å²) >= 11 is 0. The molecular formula is C26H36O4. The van der Waals surface area contributed by atoms with E-state index in [0.29, 0.717) is 26.4 Å². The first-order valence-electron chi connectivity index (χ1n) is 10.9. The second-order valence-electron chi connectivity index (χ2n) is 9.92. The van der Waals surface area contributed by atoms with Crippen molar-refractivity contribution < 1.29 is 18.9 Å². The molecule has 0 aliphatic carbocycles. The summed E-state index contributed by atoms with van der Waals surface area (Å²) in [5.41, 5.74) is 2.58. The van der Waals surface area contributed by atoms with E-state index in [4.69, 9.17) is 18.9 Å². The molecule has 0 bridgehead atoms. The molecule has 0 spiro atoms. The molecule has 2 aromatic rings. The van der Waals surface area contributed by atoms with Gasteiger partial charge in [0.1, 0.15) is 0 Å². The Hall–Kier alpha value is -2.36. The van der Waals surface area contributed by atoms with E-state index in [0.717, 1.165) is 35.8 Å². The predicted octanol–water partition coefficient (Wildman–Crippen LogP) is 6.29. The second-order valence-corrected chi connectivity index (χ2v) is 9.92. The van der Waals surface area contributed by atoms with E-state index in [-0.39, 0.29) is 10.8 Å². The molecule has 0 aromatic heterocycles. The van der Waals surface area contributed by atoms with Crippen molar-refractivity contribution in [2.24, 2.45) is 0 Å². The lowest BCUT2D eigenvalue weighted by molar-refractivity contribution is 0.203. The monoisotopic (exact) mass is 412 g/mol. The average Bonchev–Trinajstić information content (AvgIpc) is 2.67. The zero-order valence-electron chi connectivity index (χ0n) is 19.3. The molecular weight excluding hydrogens is 376 g/mol. The van der Waals surface area contributed by atoms with Crippen molar-refractivity contribution in [2.75, 3.05) is 26.4 Å². The van der Waals surface area contributed by atoms with Gasteiger partial charge in [0.2, 0.25) is 0 Å². The van der Waals surface area contributed by atoms with Gasteiger partial charge in [-0.15, -0.1) is 0 Å². The molecule has 1 aliphatic rings. The van der Waals surface area contributed by atoms with Gasteiger partial charge in [-0.1, -0.05) is 53.7 Å². The molecule has 0 saturated carbocycles. The van der Waals surface area contributed by atoms with Gasteiger partial charge in [0.15, 0.2) is 23.0 Å². The quantitative estimate of drug-likeness (QED) is 0.509. The maximum atomic E-state index is 6.08. The topological polar surface area (TPSA) is 36.9 Å². The van der Waals surface area contributed by atoms with Crippen molar-refractivity contribution in [3.63, 3.8) is 0 Å². The normalized spacial score (nSPS) is 15.9. The Morgan fingerprint density at radius 1 is 0.500 bits per heavy atom. The smallest absolute Gasteiger partial charge is 0.161 e. The summed E-state index contributed by atoms with van der Waals surface area (Å²) in [4.78, 5) is 0. The van der Waals surface area contributed by atoms with Crippen molar-refractivity contribution in [2.45, 2.75) is 65.2 Å². The number of benzene rings is 2. The third kappa shape index (κ3) is 5.84. The van der Waals surface area contributed by atoms with Gasteiger partial charge in [-0.2, -0.15) is 0 Å². The number of rotatable bonds is 0. The zero-order chi connectivity index (χ0) is 21.8. The Bertz CT molecular complexity index is 772. The second kappa shape index (κ2) is 9.20. The molecule has 0 unspecified atom stereocenters. The first-order valence-corrected chi connectivity index (χ1v) is 10.9. The van der Waals surface area contributed by atoms with Crippen LogP contribution in [0.3, 0.4) is 0 Å². The number of ether oxygens (including phenoxy) is 4. The molecule has 0 saturated heterocycles. The van der Waals surface area contributed by atoms with Gasteiger partial charge in [-0.05, 0) is 46.2 Å². The minimum Gasteiger partial charge on any atom is -0.490 e. The Morgan fingerprint density at radius 3 is 1.17 bits per heavy atom. The summed E-state index contributed by atoms with van der Waals surface area (Å²) in [5, 5.41) is 0. The number of hydrogen-bond donors (Lipinski definition) is 0. The van der Waals surface area contributed by atoms with Gasteiger partial charge in [0.05, 0.1) is 26.4 Å². The highest BCUT2D eigenvalue weighted by Gasteiger charge is 2.19. The zero-order valence-corrected chi connectivity index (χ0v) is 19.3. The van der Waals surface area contributed by atoms with E-state index in [1.165, 1.54) is 11.1 Å². The Kier molecular flexibility index (Phi) is 6.84. The van der Waals surface area contributed by atoms with Crippen LogP contribution in [0.1, 0.15) is 65.5 Å². The standard InChI is InChI=1S/C26H36O4/c1-25(2,3)19-9-11-21-23(17-19)29-15-7-14-28-22-12-10-20(26(4,5)6)18-24(22)30-16-8-13-27-21/h9-12,17-18H,7-8,13-16H2,1-6H3. The lowest BCUT2D eigenvalue weighted by Crippen LogP contribution is -2.14. The number of hydrogen-bond acceptors (Lipinski definition) is 4. The van der Waals surface area contributed by atoms with Crippen molar-refractivity contribution in [1.82, 2.24) is 0 Å². The first kappa shape index (κ1) is 22.3. The van der Waals surface area contributed by atoms with Gasteiger partial charge in [-0.25, -0.2) is 0 Å². The molecule has 0 fully saturated rings. The van der Waals surface area contributed by atoms with Crippen LogP contribution in [0.5, 0.6) is 23.0 Å². The van der Waals surface area contributed by atoms with Crippen LogP contribution in [0.15, 0.2) is 36.4 Å². The van der Waals surface area contributed by atoms with Crippen LogP contribution in [0.4, 0.5) is 0 Å². The Labute approximate surface area is 181 Å². The van der Waals surface area contributed by atoms with Crippen LogP contribution in [-0.4, -0.2) is 26.4 Å². The summed E-state index contributed by atoms with van der Waals surface area (Å²) < 4.78 is 24.2. The van der Waals surface area contributed by atoms with Crippen molar-refractivity contribution >= 4 is 0 Å². The summed E-state index contributed by atoms with van der Waals surface area (Å²) in [6.07, 6.45) is 1.55. The van der Waals surface area contributed by atoms with Crippen LogP contribution in [0.2, 0.25) is 0 Å². The molecule has 3 rings (SSSR count). The molecule has 0 radical (unpaired) electrons. The summed E-state index contributed by atoms with van der Waals surface area (Å²) in [6, 6.07) is 12.5. The maximum absolute atomic E-state index is 6.08. The molecule has 1 heterocycles. The molecule has 0 amide bonds. The van der Waals surface area contributed by atoms with Gasteiger partial charge in [0.25, 0.3) is 0 Å². The minimum atomic E-state index is 0.0596. The molecule has 4 heteroatoms. The molecule has 2 aromatic carbocycles. The largest absolute Gasteiger partial charge is 0.490 e. The molecule has 4 nitrogen and oxygen atoms in total. The van der Waals surface area contributed by atoms with Crippen molar-refractivity contribution in [1.29, 1.82) is 0 Å². The Balaban J connectivity index is 1.75. The maximum Gasteiger partial charge on any atom is 0.161 e. The van der Waals surface area contributed by atoms with Gasteiger partial charge >= 0.3 is 0 Å². The van der Waals surface area contributed by atoms with Crippen LogP contribution in [-0.2, 0) is 10.8 Å². The van der Waals surface area contributed by atoms with Gasteiger partial charge in [-0.3, -0.25) is 0 Å². The summed E-state index contributed by atoms with van der Waals surface area (Å²) in [6.45, 7) is 15.5. The van der Waals surface area contributed by atoms with Crippen molar-refractivity contribution in [3.05, 3.63) is 47.5 Å². The van der Waals surface area contributed by atoms with E-state index in [1.54, 1.807) is 0 Å². The van der Waals surface area contributed by atoms with Gasteiger partial charge < -0.3 is 18.9 Å². The molecule has 0 atom stereocenters. The first-order chi connectivity index (χ1) is 14.1. The van der Waals surface area contributed by atoms with E-state index in [9.17, 15) is 0 Å². The fourth-order valence-electron chi connectivity index (χ4n) is 3.26. The van der Waals surface area contributed by atoms with Crippen LogP contribution in [0, 0.1) is 0 Å². The van der Waals surface area contributed by atoms with Crippen LogP contribution < -0.4 is 18.9 Å². The third-order valence-electron chi connectivity index (χ3n) is 5.23. The molecule has 30 heavy (non-hydrogen) atoms. The fraction of sp³-hybridized carbons (Fsp3) is 0.538. The highest BCUT2D eigenvalue weighted by atomic mass is 16.5.